The van der Waals surface area contributed by atoms with E-state index in [4.69, 9.17) is 0 Å². The van der Waals surface area contributed by atoms with Gasteiger partial charge in [0.15, 0.2) is 0 Å². The zero-order chi connectivity index (χ0) is 17.1. The maximum absolute atomic E-state index is 13.8. The average Bonchev–Trinajstić information content (AvgIpc) is 2.92. The summed E-state index contributed by atoms with van der Waals surface area (Å²) in [5.41, 5.74) is 2.56. The van der Waals surface area contributed by atoms with Crippen LogP contribution in [0.1, 0.15) is 39.7 Å². The van der Waals surface area contributed by atoms with Crippen LogP contribution in [0.3, 0.4) is 0 Å². The molecule has 2 rings (SSSR count). The predicted octanol–water partition coefficient (Wildman–Crippen LogP) is 2.98. The number of nitrogens with one attached hydrogen (secondary N) is 1. The first-order valence-electron chi connectivity index (χ1n) is 8.16. The molecule has 0 bridgehead atoms. The van der Waals surface area contributed by atoms with Gasteiger partial charge >= 0.3 is 0 Å². The van der Waals surface area contributed by atoms with E-state index in [1.54, 1.807) is 12.4 Å². The van der Waals surface area contributed by atoms with Crippen LogP contribution in [0, 0.1) is 17.2 Å². The van der Waals surface area contributed by atoms with Gasteiger partial charge in [-0.2, -0.15) is 5.01 Å². The Bertz CT molecular complexity index is 547. The minimum Gasteiger partial charge on any atom is -0.388 e. The van der Waals surface area contributed by atoms with Crippen LogP contribution >= 0.6 is 0 Å². The second kappa shape index (κ2) is 6.97. The fourth-order valence-electron chi connectivity index (χ4n) is 3.01. The van der Waals surface area contributed by atoms with E-state index in [2.05, 4.69) is 17.3 Å². The minimum atomic E-state index is -0.891. The van der Waals surface area contributed by atoms with E-state index in [0.717, 1.165) is 0 Å². The number of β-amino-alcohol motifs (C(OH)–C–C–N with tert-alkyl or cyclic N) is 1. The van der Waals surface area contributed by atoms with Gasteiger partial charge in [-0.1, -0.05) is 45.9 Å². The van der Waals surface area contributed by atoms with Crippen molar-refractivity contribution in [3.63, 3.8) is 0 Å². The molecule has 0 radical (unpaired) electrons. The SMILES string of the molecule is CC(Cc1ccccc1F)CC(O)(CN1CN=CN1)C(C)(C)C. The van der Waals surface area contributed by atoms with E-state index < -0.39 is 5.60 Å². The molecule has 2 unspecified atom stereocenters. The first-order valence-corrected chi connectivity index (χ1v) is 8.16. The largest absolute Gasteiger partial charge is 0.388 e. The van der Waals surface area contributed by atoms with Crippen LogP contribution in [0.4, 0.5) is 4.39 Å². The van der Waals surface area contributed by atoms with Gasteiger partial charge in [0.25, 0.3) is 0 Å². The Kier molecular flexibility index (Phi) is 5.42. The minimum absolute atomic E-state index is 0.166. The Morgan fingerprint density at radius 2 is 2.04 bits per heavy atom. The predicted molar refractivity (Wildman–Crippen MR) is 91.5 cm³/mol. The summed E-state index contributed by atoms with van der Waals surface area (Å²) < 4.78 is 13.8. The van der Waals surface area contributed by atoms with Gasteiger partial charge in [-0.15, -0.1) is 0 Å². The molecule has 1 aliphatic rings. The molecule has 4 nitrogen and oxygen atoms in total. The Morgan fingerprint density at radius 1 is 1.35 bits per heavy atom. The van der Waals surface area contributed by atoms with E-state index in [9.17, 15) is 9.50 Å². The average molecular weight is 321 g/mol. The van der Waals surface area contributed by atoms with Crippen molar-refractivity contribution >= 4 is 6.34 Å². The van der Waals surface area contributed by atoms with Gasteiger partial charge in [-0.3, -0.25) is 4.99 Å². The van der Waals surface area contributed by atoms with Crippen molar-refractivity contribution in [2.24, 2.45) is 16.3 Å². The Morgan fingerprint density at radius 3 is 2.61 bits per heavy atom. The van der Waals surface area contributed by atoms with E-state index in [1.165, 1.54) is 6.07 Å². The number of benzene rings is 1. The molecular weight excluding hydrogens is 293 g/mol. The molecule has 0 saturated carbocycles. The quantitative estimate of drug-likeness (QED) is 0.847. The third-order valence-electron chi connectivity index (χ3n) is 4.64. The highest BCUT2D eigenvalue weighted by Gasteiger charge is 2.42. The van der Waals surface area contributed by atoms with Crippen molar-refractivity contribution in [2.75, 3.05) is 13.2 Å². The van der Waals surface area contributed by atoms with E-state index in [-0.39, 0.29) is 17.2 Å². The van der Waals surface area contributed by atoms with Gasteiger partial charge in [0.2, 0.25) is 0 Å². The third kappa shape index (κ3) is 4.52. The monoisotopic (exact) mass is 321 g/mol. The van der Waals surface area contributed by atoms with Crippen molar-refractivity contribution in [3.8, 4) is 0 Å². The molecule has 2 atom stereocenters. The number of hydrogen-bond acceptors (Lipinski definition) is 4. The van der Waals surface area contributed by atoms with E-state index in [1.807, 2.05) is 37.9 Å². The number of hydrogen-bond donors (Lipinski definition) is 2. The van der Waals surface area contributed by atoms with Gasteiger partial charge in [0.05, 0.1) is 11.9 Å². The molecule has 1 aromatic rings. The summed E-state index contributed by atoms with van der Waals surface area (Å²) in [6.07, 6.45) is 2.86. The fourth-order valence-corrected chi connectivity index (χ4v) is 3.01. The normalized spacial score (nSPS) is 19.4. The maximum Gasteiger partial charge on any atom is 0.126 e. The summed E-state index contributed by atoms with van der Waals surface area (Å²) in [5.74, 6) is -0.00657. The number of halogens is 1. The number of aliphatic hydroxyl groups is 1. The molecule has 0 amide bonds. The third-order valence-corrected chi connectivity index (χ3v) is 4.64. The van der Waals surface area contributed by atoms with Crippen molar-refractivity contribution in [2.45, 2.75) is 46.1 Å². The highest BCUT2D eigenvalue weighted by Crippen LogP contribution is 2.37. The zero-order valence-electron chi connectivity index (χ0n) is 14.5. The summed E-state index contributed by atoms with van der Waals surface area (Å²) in [5, 5.41) is 13.2. The summed E-state index contributed by atoms with van der Waals surface area (Å²) in [6.45, 7) is 9.22. The molecule has 5 heteroatoms. The highest BCUT2D eigenvalue weighted by atomic mass is 19.1. The van der Waals surface area contributed by atoms with Crippen LogP contribution in [0.5, 0.6) is 0 Å². The zero-order valence-corrected chi connectivity index (χ0v) is 14.5. The molecule has 23 heavy (non-hydrogen) atoms. The number of nitrogens with zero attached hydrogens (tertiary/aromatic N) is 2. The number of hydrazine groups is 1. The molecule has 1 heterocycles. The van der Waals surface area contributed by atoms with Crippen molar-refractivity contribution < 1.29 is 9.50 Å². The van der Waals surface area contributed by atoms with Crippen molar-refractivity contribution in [1.29, 1.82) is 0 Å². The summed E-state index contributed by atoms with van der Waals surface area (Å²) in [4.78, 5) is 4.12. The van der Waals surface area contributed by atoms with E-state index >= 15 is 0 Å². The van der Waals surface area contributed by atoms with E-state index in [0.29, 0.717) is 31.6 Å². The maximum atomic E-state index is 13.8. The van der Waals surface area contributed by atoms with Crippen molar-refractivity contribution in [1.82, 2.24) is 10.4 Å². The van der Waals surface area contributed by atoms with Crippen LogP contribution in [0.2, 0.25) is 0 Å². The molecule has 1 aromatic carbocycles. The lowest BCUT2D eigenvalue weighted by molar-refractivity contribution is -0.0970. The van der Waals surface area contributed by atoms with Crippen LogP contribution in [0.15, 0.2) is 29.3 Å². The Labute approximate surface area is 138 Å². The standard InChI is InChI=1S/C18H28FN3O/c1-14(9-15-7-5-6-8-16(15)19)10-18(23,17(2,3)4)11-22-13-20-12-21-22/h5-8,12,14,23H,9-11,13H2,1-4H3,(H,20,21). The second-order valence-electron chi connectivity index (χ2n) is 7.67. The summed E-state index contributed by atoms with van der Waals surface area (Å²) in [6, 6.07) is 6.86. The Balaban J connectivity index is 2.06. The molecule has 0 saturated heterocycles. The number of rotatable bonds is 6. The van der Waals surface area contributed by atoms with Gasteiger partial charge in [-0.05, 0) is 35.8 Å². The summed E-state index contributed by atoms with van der Waals surface area (Å²) >= 11 is 0. The molecule has 0 aliphatic carbocycles. The molecule has 0 spiro atoms. The molecule has 0 fully saturated rings. The fraction of sp³-hybridized carbons (Fsp3) is 0.611. The van der Waals surface area contributed by atoms with Crippen LogP contribution in [-0.2, 0) is 6.42 Å². The first-order chi connectivity index (χ1) is 10.7. The molecular formula is C18H28FN3O. The van der Waals surface area contributed by atoms with Gasteiger partial charge in [0.1, 0.15) is 12.5 Å². The van der Waals surface area contributed by atoms with Crippen LogP contribution in [0.25, 0.3) is 0 Å². The van der Waals surface area contributed by atoms with Crippen LogP contribution < -0.4 is 5.43 Å². The van der Waals surface area contributed by atoms with Gasteiger partial charge < -0.3 is 10.5 Å². The molecule has 0 aromatic heterocycles. The Hall–Kier alpha value is -1.46. The van der Waals surface area contributed by atoms with Gasteiger partial charge in [-0.25, -0.2) is 4.39 Å². The molecule has 2 N–H and O–H groups in total. The van der Waals surface area contributed by atoms with Crippen molar-refractivity contribution in [3.05, 3.63) is 35.6 Å². The summed E-state index contributed by atoms with van der Waals surface area (Å²) in [7, 11) is 0. The van der Waals surface area contributed by atoms with Gasteiger partial charge in [0, 0.05) is 6.54 Å². The topological polar surface area (TPSA) is 47.9 Å². The van der Waals surface area contributed by atoms with Crippen LogP contribution in [-0.4, -0.2) is 35.3 Å². The first kappa shape index (κ1) is 17.9. The lowest BCUT2D eigenvalue weighted by atomic mass is 9.71. The molecule has 128 valence electrons. The number of aliphatic imine (C=N–C) groups is 1. The lowest BCUT2D eigenvalue weighted by Gasteiger charge is -2.44. The second-order valence-corrected chi connectivity index (χ2v) is 7.67. The molecule has 1 aliphatic heterocycles. The smallest absolute Gasteiger partial charge is 0.126 e. The highest BCUT2D eigenvalue weighted by molar-refractivity contribution is 5.55. The lowest BCUT2D eigenvalue weighted by Crippen LogP contribution is -2.54.